The maximum absolute atomic E-state index is 4.12. The Morgan fingerprint density at radius 1 is 0.933 bits per heavy atom. The number of aryl methyl sites for hydroxylation is 1. The molecule has 0 N–H and O–H groups in total. The van der Waals surface area contributed by atoms with Crippen LogP contribution in [0, 0.1) is 0 Å². The van der Waals surface area contributed by atoms with E-state index < -0.39 is 0 Å². The van der Waals surface area contributed by atoms with E-state index in [-0.39, 0.29) is 0 Å². The summed E-state index contributed by atoms with van der Waals surface area (Å²) in [4.78, 5) is 0. The summed E-state index contributed by atoms with van der Waals surface area (Å²) < 4.78 is 0. The summed E-state index contributed by atoms with van der Waals surface area (Å²) in [6.07, 6.45) is 6.60. The summed E-state index contributed by atoms with van der Waals surface area (Å²) in [5.41, 5.74) is 2.78. The molecule has 0 aliphatic carbocycles. The number of rotatable bonds is 7. The third-order valence-corrected chi connectivity index (χ3v) is 2.68. The van der Waals surface area contributed by atoms with Crippen molar-refractivity contribution in [1.82, 2.24) is 5.32 Å². The molecule has 0 aliphatic heterocycles. The van der Waals surface area contributed by atoms with Crippen LogP contribution in [0.3, 0.4) is 0 Å². The maximum Gasteiger partial charge on any atom is 0.0381 e. The second kappa shape index (κ2) is 7.47. The number of hydrogen-bond donors (Lipinski definition) is 0. The standard InChI is InChI=1S/C14H22N/c1-3-4-5-6-7-13-8-10-14(11-9-13)12-15-2/h8-11H,3-7,12H2,1-2H3. The lowest BCUT2D eigenvalue weighted by Crippen LogP contribution is -1.96. The summed E-state index contributed by atoms with van der Waals surface area (Å²) in [6.45, 7) is 3.10. The van der Waals surface area contributed by atoms with E-state index in [2.05, 4.69) is 36.5 Å². The Kier molecular flexibility index (Phi) is 6.10. The summed E-state index contributed by atoms with van der Waals surface area (Å²) >= 11 is 0. The van der Waals surface area contributed by atoms with Crippen molar-refractivity contribution in [3.8, 4) is 0 Å². The van der Waals surface area contributed by atoms with Gasteiger partial charge in [-0.3, -0.25) is 0 Å². The molecule has 0 heterocycles. The summed E-state index contributed by atoms with van der Waals surface area (Å²) in [6, 6.07) is 8.88. The van der Waals surface area contributed by atoms with Gasteiger partial charge in [0.25, 0.3) is 0 Å². The molecule has 0 bridgehead atoms. The van der Waals surface area contributed by atoms with E-state index in [1.54, 1.807) is 0 Å². The molecule has 0 unspecified atom stereocenters. The Morgan fingerprint density at radius 2 is 1.60 bits per heavy atom. The van der Waals surface area contributed by atoms with Crippen LogP contribution in [0.25, 0.3) is 0 Å². The van der Waals surface area contributed by atoms with E-state index in [1.807, 2.05) is 7.05 Å². The molecule has 0 aliphatic rings. The van der Waals surface area contributed by atoms with Gasteiger partial charge in [-0.15, -0.1) is 0 Å². The molecular weight excluding hydrogens is 182 g/mol. The van der Waals surface area contributed by atoms with Gasteiger partial charge < -0.3 is 0 Å². The minimum Gasteiger partial charge on any atom is -0.240 e. The molecule has 1 heteroatoms. The number of hydrogen-bond acceptors (Lipinski definition) is 0. The molecule has 1 aromatic carbocycles. The van der Waals surface area contributed by atoms with Crippen LogP contribution in [0.5, 0.6) is 0 Å². The zero-order valence-corrected chi connectivity index (χ0v) is 10.00. The average Bonchev–Trinajstić information content (AvgIpc) is 2.27. The molecule has 1 rings (SSSR count). The highest BCUT2D eigenvalue weighted by Gasteiger charge is 1.94. The predicted molar refractivity (Wildman–Crippen MR) is 66.1 cm³/mol. The van der Waals surface area contributed by atoms with Crippen LogP contribution in [0.1, 0.15) is 43.7 Å². The van der Waals surface area contributed by atoms with Crippen LogP contribution in [0.15, 0.2) is 24.3 Å². The molecule has 1 nitrogen and oxygen atoms in total. The van der Waals surface area contributed by atoms with Gasteiger partial charge in [-0.05, 0) is 24.0 Å². The summed E-state index contributed by atoms with van der Waals surface area (Å²) in [7, 11) is 1.86. The van der Waals surface area contributed by atoms with Gasteiger partial charge in [0.15, 0.2) is 0 Å². The van der Waals surface area contributed by atoms with Crippen LogP contribution in [-0.2, 0) is 13.0 Å². The van der Waals surface area contributed by atoms with Gasteiger partial charge >= 0.3 is 0 Å². The molecule has 0 spiro atoms. The van der Waals surface area contributed by atoms with Crippen LogP contribution >= 0.6 is 0 Å². The number of unbranched alkanes of at least 4 members (excludes halogenated alkanes) is 3. The Morgan fingerprint density at radius 3 is 2.20 bits per heavy atom. The highest BCUT2D eigenvalue weighted by molar-refractivity contribution is 5.22. The van der Waals surface area contributed by atoms with E-state index >= 15 is 0 Å². The highest BCUT2D eigenvalue weighted by atomic mass is 14.8. The van der Waals surface area contributed by atoms with E-state index in [0.717, 1.165) is 6.54 Å². The smallest absolute Gasteiger partial charge is 0.0381 e. The van der Waals surface area contributed by atoms with Crippen LogP contribution in [-0.4, -0.2) is 7.05 Å². The molecule has 0 saturated carbocycles. The van der Waals surface area contributed by atoms with Crippen molar-refractivity contribution in [2.75, 3.05) is 7.05 Å². The Balaban J connectivity index is 2.29. The van der Waals surface area contributed by atoms with Crippen LogP contribution in [0.2, 0.25) is 0 Å². The van der Waals surface area contributed by atoms with Gasteiger partial charge in [-0.2, -0.15) is 0 Å². The molecule has 0 aromatic heterocycles. The monoisotopic (exact) mass is 204 g/mol. The first-order valence-corrected chi connectivity index (χ1v) is 6.00. The van der Waals surface area contributed by atoms with Crippen LogP contribution < -0.4 is 5.32 Å². The quantitative estimate of drug-likeness (QED) is 0.603. The molecule has 0 amide bonds. The average molecular weight is 204 g/mol. The predicted octanol–water partition coefficient (Wildman–Crippen LogP) is 3.54. The second-order valence-electron chi connectivity index (χ2n) is 4.10. The Hall–Kier alpha value is -0.820. The van der Waals surface area contributed by atoms with E-state index in [4.69, 9.17) is 0 Å². The molecule has 83 valence electrons. The molecule has 0 fully saturated rings. The van der Waals surface area contributed by atoms with Gasteiger partial charge in [-0.1, -0.05) is 50.5 Å². The fraction of sp³-hybridized carbons (Fsp3) is 0.571. The minimum atomic E-state index is 0.843. The first-order valence-electron chi connectivity index (χ1n) is 6.00. The molecule has 1 radical (unpaired) electrons. The topological polar surface area (TPSA) is 14.1 Å². The van der Waals surface area contributed by atoms with Gasteiger partial charge in [-0.25, -0.2) is 5.32 Å². The SMILES string of the molecule is CCCCCCc1ccc(C[N]C)cc1. The molecule has 15 heavy (non-hydrogen) atoms. The number of benzene rings is 1. The molecule has 1 aromatic rings. The van der Waals surface area contributed by atoms with Crippen molar-refractivity contribution in [2.45, 2.75) is 45.6 Å². The van der Waals surface area contributed by atoms with Crippen molar-refractivity contribution in [3.05, 3.63) is 35.4 Å². The fourth-order valence-corrected chi connectivity index (χ4v) is 1.75. The van der Waals surface area contributed by atoms with Crippen molar-refractivity contribution < 1.29 is 0 Å². The summed E-state index contributed by atoms with van der Waals surface area (Å²) in [5, 5.41) is 4.12. The van der Waals surface area contributed by atoms with E-state index in [9.17, 15) is 0 Å². The Bertz CT molecular complexity index is 251. The second-order valence-corrected chi connectivity index (χ2v) is 4.10. The van der Waals surface area contributed by atoms with E-state index in [0.29, 0.717) is 0 Å². The van der Waals surface area contributed by atoms with Crippen molar-refractivity contribution in [2.24, 2.45) is 0 Å². The zero-order valence-electron chi connectivity index (χ0n) is 10.00. The van der Waals surface area contributed by atoms with Gasteiger partial charge in [0.1, 0.15) is 0 Å². The summed E-state index contributed by atoms with van der Waals surface area (Å²) in [5.74, 6) is 0. The first-order chi connectivity index (χ1) is 7.36. The zero-order chi connectivity index (χ0) is 10.9. The Labute approximate surface area is 93.9 Å². The largest absolute Gasteiger partial charge is 0.240 e. The highest BCUT2D eigenvalue weighted by Crippen LogP contribution is 2.09. The third kappa shape index (κ3) is 4.98. The first kappa shape index (κ1) is 12.3. The number of nitrogens with zero attached hydrogens (tertiary/aromatic N) is 1. The van der Waals surface area contributed by atoms with E-state index in [1.165, 1.54) is 43.2 Å². The van der Waals surface area contributed by atoms with Gasteiger partial charge in [0, 0.05) is 13.6 Å². The normalized spacial score (nSPS) is 10.5. The fourth-order valence-electron chi connectivity index (χ4n) is 1.75. The minimum absolute atomic E-state index is 0.843. The lowest BCUT2D eigenvalue weighted by Gasteiger charge is -2.03. The van der Waals surface area contributed by atoms with Gasteiger partial charge in [0.2, 0.25) is 0 Å². The third-order valence-electron chi connectivity index (χ3n) is 2.68. The lowest BCUT2D eigenvalue weighted by atomic mass is 10.0. The van der Waals surface area contributed by atoms with Crippen molar-refractivity contribution >= 4 is 0 Å². The molecular formula is C14H22N. The van der Waals surface area contributed by atoms with Crippen molar-refractivity contribution in [3.63, 3.8) is 0 Å². The van der Waals surface area contributed by atoms with Crippen molar-refractivity contribution in [1.29, 1.82) is 0 Å². The maximum atomic E-state index is 4.12. The molecule has 0 atom stereocenters. The van der Waals surface area contributed by atoms with Crippen LogP contribution in [0.4, 0.5) is 0 Å². The van der Waals surface area contributed by atoms with Gasteiger partial charge in [0.05, 0.1) is 0 Å². The molecule has 0 saturated heterocycles. The lowest BCUT2D eigenvalue weighted by molar-refractivity contribution is 0.666.